The van der Waals surface area contributed by atoms with Crippen molar-refractivity contribution in [3.8, 4) is 17.1 Å². The van der Waals surface area contributed by atoms with Crippen LogP contribution < -0.4 is 0 Å². The molecule has 1 aromatic heterocycles. The Morgan fingerprint density at radius 3 is 2.58 bits per heavy atom. The lowest BCUT2D eigenvalue weighted by molar-refractivity contribution is 0.787. The van der Waals surface area contributed by atoms with Gasteiger partial charge in [-0.25, -0.2) is 0 Å². The van der Waals surface area contributed by atoms with Gasteiger partial charge in [-0.1, -0.05) is 46.3 Å². The first-order valence-corrected chi connectivity index (χ1v) is 6.65. The van der Waals surface area contributed by atoms with Crippen molar-refractivity contribution in [2.75, 3.05) is 0 Å². The second kappa shape index (κ2) is 4.93. The number of halogens is 1. The smallest absolute Gasteiger partial charge is 0.187 e. The van der Waals surface area contributed by atoms with E-state index in [1.54, 1.807) is 4.68 Å². The number of aryl methyl sites for hydroxylation is 1. The first kappa shape index (κ1) is 12.0. The lowest BCUT2D eigenvalue weighted by Gasteiger charge is -2.08. The van der Waals surface area contributed by atoms with Crippen LogP contribution in [0, 0.1) is 6.92 Å². The van der Waals surface area contributed by atoms with Gasteiger partial charge in [-0.2, -0.15) is 4.68 Å². The maximum Gasteiger partial charge on any atom is 0.187 e. The number of hydrogen-bond acceptors (Lipinski definition) is 3. The highest BCUT2D eigenvalue weighted by Crippen LogP contribution is 2.23. The van der Waals surface area contributed by atoms with Crippen LogP contribution in [0.2, 0.25) is 0 Å². The van der Waals surface area contributed by atoms with Gasteiger partial charge >= 0.3 is 0 Å². The molecule has 0 aliphatic rings. The molecule has 0 bridgehead atoms. The predicted molar refractivity (Wildman–Crippen MR) is 77.0 cm³/mol. The maximum absolute atomic E-state index is 4.12. The van der Waals surface area contributed by atoms with Gasteiger partial charge in [0.25, 0.3) is 0 Å². The fraction of sp³-hybridized carbons (Fsp3) is 0.0714. The normalized spacial score (nSPS) is 10.6. The molecule has 3 aromatic rings. The molecule has 94 valence electrons. The zero-order valence-electron chi connectivity index (χ0n) is 10.3. The minimum absolute atomic E-state index is 0.742. The Bertz CT molecular complexity index is 706. The molecule has 0 fully saturated rings. The summed E-state index contributed by atoms with van der Waals surface area (Å²) in [6.45, 7) is 2.04. The summed E-state index contributed by atoms with van der Waals surface area (Å²) < 4.78 is 2.81. The molecule has 0 aliphatic heterocycles. The molecule has 4 nitrogen and oxygen atoms in total. The van der Waals surface area contributed by atoms with Crippen molar-refractivity contribution in [2.24, 2.45) is 0 Å². The van der Waals surface area contributed by atoms with Gasteiger partial charge in [0.15, 0.2) is 5.82 Å². The van der Waals surface area contributed by atoms with Gasteiger partial charge in [0.1, 0.15) is 0 Å². The van der Waals surface area contributed by atoms with Crippen molar-refractivity contribution in [1.29, 1.82) is 0 Å². The van der Waals surface area contributed by atoms with E-state index in [1.807, 2.05) is 55.5 Å². The third-order valence-corrected chi connectivity index (χ3v) is 3.38. The first-order chi connectivity index (χ1) is 9.25. The van der Waals surface area contributed by atoms with Crippen molar-refractivity contribution in [1.82, 2.24) is 20.2 Å². The summed E-state index contributed by atoms with van der Waals surface area (Å²) in [6.07, 6.45) is 0. The molecule has 0 aliphatic carbocycles. The van der Waals surface area contributed by atoms with Crippen molar-refractivity contribution in [3.63, 3.8) is 0 Å². The Morgan fingerprint density at radius 2 is 1.84 bits per heavy atom. The first-order valence-electron chi connectivity index (χ1n) is 5.86. The molecule has 0 unspecified atom stereocenters. The third kappa shape index (κ3) is 2.29. The Morgan fingerprint density at radius 1 is 1.05 bits per heavy atom. The van der Waals surface area contributed by atoms with Crippen LogP contribution in [0.15, 0.2) is 53.0 Å². The lowest BCUT2D eigenvalue weighted by atomic mass is 10.2. The standard InChI is InChI=1S/C14H11BrN4/c1-10-9-12(15)7-8-13(10)19-14(16-17-18-19)11-5-3-2-4-6-11/h2-9H,1H3. The summed E-state index contributed by atoms with van der Waals surface area (Å²) >= 11 is 3.46. The summed E-state index contributed by atoms with van der Waals surface area (Å²) in [5.41, 5.74) is 3.08. The quantitative estimate of drug-likeness (QED) is 0.728. The van der Waals surface area contributed by atoms with Gasteiger partial charge in [0.2, 0.25) is 0 Å². The zero-order chi connectivity index (χ0) is 13.2. The molecule has 2 aromatic carbocycles. The van der Waals surface area contributed by atoms with E-state index in [4.69, 9.17) is 0 Å². The number of hydrogen-bond donors (Lipinski definition) is 0. The topological polar surface area (TPSA) is 43.6 Å². The van der Waals surface area contributed by atoms with Crippen molar-refractivity contribution >= 4 is 15.9 Å². The van der Waals surface area contributed by atoms with Crippen LogP contribution in [0.5, 0.6) is 0 Å². The Hall–Kier alpha value is -2.01. The maximum atomic E-state index is 4.12. The molecular formula is C14H11BrN4. The summed E-state index contributed by atoms with van der Waals surface area (Å²) in [6, 6.07) is 16.0. The summed E-state index contributed by atoms with van der Waals surface area (Å²) in [7, 11) is 0. The number of benzene rings is 2. The van der Waals surface area contributed by atoms with Crippen LogP contribution >= 0.6 is 15.9 Å². The monoisotopic (exact) mass is 314 g/mol. The molecule has 1 heterocycles. The van der Waals surface area contributed by atoms with Crippen molar-refractivity contribution < 1.29 is 0 Å². The second-order valence-corrected chi connectivity index (χ2v) is 5.13. The van der Waals surface area contributed by atoms with Gasteiger partial charge in [-0.3, -0.25) is 0 Å². The van der Waals surface area contributed by atoms with Crippen LogP contribution in [0.4, 0.5) is 0 Å². The molecule has 0 saturated carbocycles. The van der Waals surface area contributed by atoms with E-state index >= 15 is 0 Å². The molecule has 0 atom stereocenters. The molecule has 0 saturated heterocycles. The highest BCUT2D eigenvalue weighted by molar-refractivity contribution is 9.10. The summed E-state index contributed by atoms with van der Waals surface area (Å²) in [4.78, 5) is 0. The van der Waals surface area contributed by atoms with E-state index in [1.165, 1.54) is 0 Å². The number of aromatic nitrogens is 4. The highest BCUT2D eigenvalue weighted by Gasteiger charge is 2.12. The summed E-state index contributed by atoms with van der Waals surface area (Å²) in [5, 5.41) is 12.0. The van der Waals surface area contributed by atoms with Gasteiger partial charge in [0, 0.05) is 10.0 Å². The Balaban J connectivity index is 2.15. The molecular weight excluding hydrogens is 304 g/mol. The van der Waals surface area contributed by atoms with E-state index in [0.717, 1.165) is 27.1 Å². The average molecular weight is 315 g/mol. The van der Waals surface area contributed by atoms with Gasteiger partial charge < -0.3 is 0 Å². The number of nitrogens with zero attached hydrogens (tertiary/aromatic N) is 4. The van der Waals surface area contributed by atoms with Crippen LogP contribution in [0.1, 0.15) is 5.56 Å². The molecule has 0 spiro atoms. The summed E-state index contributed by atoms with van der Waals surface area (Å²) in [5.74, 6) is 0.742. The van der Waals surface area contributed by atoms with Crippen LogP contribution in [-0.2, 0) is 0 Å². The SMILES string of the molecule is Cc1cc(Br)ccc1-n1nnnc1-c1ccccc1. The lowest BCUT2D eigenvalue weighted by Crippen LogP contribution is -2.02. The highest BCUT2D eigenvalue weighted by atomic mass is 79.9. The van der Waals surface area contributed by atoms with Gasteiger partial charge in [0.05, 0.1) is 5.69 Å². The van der Waals surface area contributed by atoms with Crippen molar-refractivity contribution in [3.05, 3.63) is 58.6 Å². The van der Waals surface area contributed by atoms with E-state index in [2.05, 4.69) is 31.5 Å². The predicted octanol–water partition coefficient (Wildman–Crippen LogP) is 3.40. The van der Waals surface area contributed by atoms with Crippen LogP contribution in [0.3, 0.4) is 0 Å². The Kier molecular flexibility index (Phi) is 3.13. The molecule has 0 N–H and O–H groups in total. The van der Waals surface area contributed by atoms with E-state index in [0.29, 0.717) is 0 Å². The molecule has 0 amide bonds. The molecule has 5 heteroatoms. The average Bonchev–Trinajstić information content (AvgIpc) is 2.89. The molecule has 3 rings (SSSR count). The minimum Gasteiger partial charge on any atom is -0.193 e. The Labute approximate surface area is 119 Å². The number of rotatable bonds is 2. The zero-order valence-corrected chi connectivity index (χ0v) is 11.9. The minimum atomic E-state index is 0.742. The van der Waals surface area contributed by atoms with Crippen LogP contribution in [0.25, 0.3) is 17.1 Å². The van der Waals surface area contributed by atoms with E-state index in [9.17, 15) is 0 Å². The number of tetrazole rings is 1. The van der Waals surface area contributed by atoms with Gasteiger partial charge in [-0.15, -0.1) is 5.10 Å². The fourth-order valence-corrected chi connectivity index (χ4v) is 2.45. The molecule has 0 radical (unpaired) electrons. The van der Waals surface area contributed by atoms with Gasteiger partial charge in [-0.05, 0) is 41.1 Å². The fourth-order valence-electron chi connectivity index (χ4n) is 1.97. The van der Waals surface area contributed by atoms with E-state index < -0.39 is 0 Å². The molecule has 19 heavy (non-hydrogen) atoms. The van der Waals surface area contributed by atoms with Crippen molar-refractivity contribution in [2.45, 2.75) is 6.92 Å². The third-order valence-electron chi connectivity index (χ3n) is 2.89. The largest absolute Gasteiger partial charge is 0.193 e. The van der Waals surface area contributed by atoms with Crippen LogP contribution in [-0.4, -0.2) is 20.2 Å². The van der Waals surface area contributed by atoms with E-state index in [-0.39, 0.29) is 0 Å². The second-order valence-electron chi connectivity index (χ2n) is 4.21.